The minimum Gasteiger partial charge on any atom is -0.496 e. The number of hydrazine groups is 1. The normalized spacial score (nSPS) is 12.5. The molecule has 3 N–H and O–H groups in total. The molecule has 2 aromatic rings. The molecule has 0 saturated heterocycles. The fourth-order valence-electron chi connectivity index (χ4n) is 1.83. The summed E-state index contributed by atoms with van der Waals surface area (Å²) in [5, 5.41) is 0. The summed E-state index contributed by atoms with van der Waals surface area (Å²) in [7, 11) is 1.54. The van der Waals surface area contributed by atoms with E-state index in [4.69, 9.17) is 10.6 Å². The molecular formula is C12H11Br2FN2OS. The molecule has 2 rings (SSSR count). The molecule has 0 bridgehead atoms. The Morgan fingerprint density at radius 1 is 1.32 bits per heavy atom. The van der Waals surface area contributed by atoms with Crippen molar-refractivity contribution >= 4 is 43.2 Å². The lowest BCUT2D eigenvalue weighted by atomic mass is 10.0. The van der Waals surface area contributed by atoms with Gasteiger partial charge in [-0.3, -0.25) is 5.84 Å². The summed E-state index contributed by atoms with van der Waals surface area (Å²) in [5.74, 6) is 5.88. The van der Waals surface area contributed by atoms with Crippen molar-refractivity contribution < 1.29 is 9.13 Å². The zero-order valence-corrected chi connectivity index (χ0v) is 13.9. The van der Waals surface area contributed by atoms with Crippen molar-refractivity contribution in [3.8, 4) is 5.75 Å². The molecule has 0 saturated carbocycles. The topological polar surface area (TPSA) is 47.3 Å². The summed E-state index contributed by atoms with van der Waals surface area (Å²) in [6.07, 6.45) is 0. The molecule has 0 aliphatic carbocycles. The fraction of sp³-hybridized carbons (Fsp3) is 0.167. The predicted octanol–water partition coefficient (Wildman–Crippen LogP) is 3.97. The highest BCUT2D eigenvalue weighted by molar-refractivity contribution is 9.12. The van der Waals surface area contributed by atoms with Crippen LogP contribution in [0.15, 0.2) is 31.8 Å². The van der Waals surface area contributed by atoms with Gasteiger partial charge in [0.2, 0.25) is 0 Å². The standard InChI is InChI=1S/C12H11Br2FN2OS/c1-18-9-3-2-6(15)4-7(9)11(17-16)8-5-10(13)19-12(8)14/h2-5,11,17H,16H2,1H3. The van der Waals surface area contributed by atoms with Gasteiger partial charge in [0.25, 0.3) is 0 Å². The maximum atomic E-state index is 13.5. The first kappa shape index (κ1) is 14.9. The highest BCUT2D eigenvalue weighted by Gasteiger charge is 2.21. The van der Waals surface area contributed by atoms with Crippen LogP contribution >= 0.6 is 43.2 Å². The van der Waals surface area contributed by atoms with Crippen molar-refractivity contribution in [3.05, 3.63) is 48.8 Å². The van der Waals surface area contributed by atoms with Crippen LogP contribution in [0, 0.1) is 5.82 Å². The number of thiophene rings is 1. The van der Waals surface area contributed by atoms with E-state index in [-0.39, 0.29) is 11.9 Å². The Hall–Kier alpha value is -0.470. The van der Waals surface area contributed by atoms with Crippen LogP contribution in [0.2, 0.25) is 0 Å². The number of nitrogens with one attached hydrogen (secondary N) is 1. The second-order valence-electron chi connectivity index (χ2n) is 3.77. The Labute approximate surface area is 131 Å². The second-order valence-corrected chi connectivity index (χ2v) is 7.51. The first-order valence-electron chi connectivity index (χ1n) is 5.31. The summed E-state index contributed by atoms with van der Waals surface area (Å²) in [5.41, 5.74) is 4.27. The third-order valence-electron chi connectivity index (χ3n) is 2.66. The number of hydrogen-bond acceptors (Lipinski definition) is 4. The van der Waals surface area contributed by atoms with E-state index in [2.05, 4.69) is 37.3 Å². The Bertz CT molecular complexity index is 591. The SMILES string of the molecule is COc1ccc(F)cc1C(NN)c1cc(Br)sc1Br. The predicted molar refractivity (Wildman–Crippen MR) is 81.8 cm³/mol. The van der Waals surface area contributed by atoms with Gasteiger partial charge in [-0.25, -0.2) is 9.82 Å². The van der Waals surface area contributed by atoms with Crippen LogP contribution in [0.3, 0.4) is 0 Å². The molecule has 1 atom stereocenters. The molecule has 0 fully saturated rings. The highest BCUT2D eigenvalue weighted by Crippen LogP contribution is 2.39. The van der Waals surface area contributed by atoms with Gasteiger partial charge in [-0.05, 0) is 56.1 Å². The number of benzene rings is 1. The summed E-state index contributed by atoms with van der Waals surface area (Å²) >= 11 is 8.43. The van der Waals surface area contributed by atoms with Crippen LogP contribution < -0.4 is 16.0 Å². The quantitative estimate of drug-likeness (QED) is 0.593. The largest absolute Gasteiger partial charge is 0.496 e. The minimum absolute atomic E-state index is 0.332. The highest BCUT2D eigenvalue weighted by atomic mass is 79.9. The van der Waals surface area contributed by atoms with Gasteiger partial charge in [0.1, 0.15) is 11.6 Å². The number of ether oxygens (including phenoxy) is 1. The maximum absolute atomic E-state index is 13.5. The zero-order chi connectivity index (χ0) is 14.0. The van der Waals surface area contributed by atoms with Crippen molar-refractivity contribution in [2.45, 2.75) is 6.04 Å². The van der Waals surface area contributed by atoms with Gasteiger partial charge in [-0.2, -0.15) is 0 Å². The number of hydrogen-bond donors (Lipinski definition) is 2. The Balaban J connectivity index is 2.53. The van der Waals surface area contributed by atoms with E-state index >= 15 is 0 Å². The third kappa shape index (κ3) is 3.17. The van der Waals surface area contributed by atoms with Crippen LogP contribution in [0.1, 0.15) is 17.2 Å². The van der Waals surface area contributed by atoms with Crippen molar-refractivity contribution in [1.29, 1.82) is 0 Å². The lowest BCUT2D eigenvalue weighted by Crippen LogP contribution is -2.29. The molecule has 1 unspecified atom stereocenters. The maximum Gasteiger partial charge on any atom is 0.124 e. The molecule has 7 heteroatoms. The second kappa shape index (κ2) is 6.32. The Kier molecular flexibility index (Phi) is 4.97. The van der Waals surface area contributed by atoms with Crippen LogP contribution in [-0.4, -0.2) is 7.11 Å². The molecule has 19 heavy (non-hydrogen) atoms. The van der Waals surface area contributed by atoms with Gasteiger partial charge in [-0.1, -0.05) is 0 Å². The average molecular weight is 410 g/mol. The molecule has 0 aliphatic heterocycles. The van der Waals surface area contributed by atoms with Crippen molar-refractivity contribution in [2.24, 2.45) is 5.84 Å². The minimum atomic E-state index is -0.359. The Morgan fingerprint density at radius 3 is 2.58 bits per heavy atom. The van der Waals surface area contributed by atoms with Gasteiger partial charge < -0.3 is 4.74 Å². The van der Waals surface area contributed by atoms with Crippen molar-refractivity contribution in [2.75, 3.05) is 7.11 Å². The van der Waals surface area contributed by atoms with E-state index in [1.54, 1.807) is 13.2 Å². The van der Waals surface area contributed by atoms with Gasteiger partial charge >= 0.3 is 0 Å². The van der Waals surface area contributed by atoms with E-state index in [0.29, 0.717) is 11.3 Å². The smallest absolute Gasteiger partial charge is 0.124 e. The van der Waals surface area contributed by atoms with E-state index in [0.717, 1.165) is 13.1 Å². The zero-order valence-electron chi connectivity index (χ0n) is 9.91. The van der Waals surface area contributed by atoms with Crippen molar-refractivity contribution in [1.82, 2.24) is 5.43 Å². The summed E-state index contributed by atoms with van der Waals surface area (Å²) in [4.78, 5) is 0. The molecule has 1 aromatic carbocycles. The lowest BCUT2D eigenvalue weighted by molar-refractivity contribution is 0.402. The number of halogens is 3. The first-order valence-corrected chi connectivity index (χ1v) is 7.71. The summed E-state index contributed by atoms with van der Waals surface area (Å²) < 4.78 is 20.6. The fourth-order valence-corrected chi connectivity index (χ4v) is 4.73. The Morgan fingerprint density at radius 2 is 2.05 bits per heavy atom. The van der Waals surface area contributed by atoms with Crippen LogP contribution in [-0.2, 0) is 0 Å². The van der Waals surface area contributed by atoms with Crippen LogP contribution in [0.4, 0.5) is 4.39 Å². The van der Waals surface area contributed by atoms with E-state index in [1.807, 2.05) is 6.07 Å². The molecule has 0 spiro atoms. The van der Waals surface area contributed by atoms with Gasteiger partial charge in [0, 0.05) is 11.1 Å². The summed E-state index contributed by atoms with van der Waals surface area (Å²) in [6, 6.07) is 5.94. The first-order chi connectivity index (χ1) is 9.06. The van der Waals surface area contributed by atoms with E-state index in [1.165, 1.54) is 23.5 Å². The third-order valence-corrected chi connectivity index (χ3v) is 5.05. The molecule has 0 radical (unpaired) electrons. The van der Waals surface area contributed by atoms with Crippen LogP contribution in [0.25, 0.3) is 0 Å². The van der Waals surface area contributed by atoms with Gasteiger partial charge in [-0.15, -0.1) is 11.3 Å². The monoisotopic (exact) mass is 408 g/mol. The summed E-state index contributed by atoms with van der Waals surface area (Å²) in [6.45, 7) is 0. The number of nitrogens with two attached hydrogens (primary N) is 1. The van der Waals surface area contributed by atoms with E-state index < -0.39 is 0 Å². The molecule has 0 aliphatic rings. The molecule has 0 amide bonds. The number of methoxy groups -OCH3 is 1. The van der Waals surface area contributed by atoms with Gasteiger partial charge in [0.05, 0.1) is 20.7 Å². The lowest BCUT2D eigenvalue weighted by Gasteiger charge is -2.19. The molecule has 1 aromatic heterocycles. The van der Waals surface area contributed by atoms with Crippen molar-refractivity contribution in [3.63, 3.8) is 0 Å². The molecular weight excluding hydrogens is 399 g/mol. The average Bonchev–Trinajstić information content (AvgIpc) is 2.70. The van der Waals surface area contributed by atoms with Crippen LogP contribution in [0.5, 0.6) is 5.75 Å². The number of rotatable bonds is 4. The van der Waals surface area contributed by atoms with Gasteiger partial charge in [0.15, 0.2) is 0 Å². The van der Waals surface area contributed by atoms with E-state index in [9.17, 15) is 4.39 Å². The molecule has 1 heterocycles. The molecule has 102 valence electrons. The molecule has 3 nitrogen and oxygen atoms in total.